The fraction of sp³-hybridized carbons (Fsp3) is 0.235. The number of phenols is 1. The maximum absolute atomic E-state index is 9.67. The molecule has 0 spiro atoms. The van der Waals surface area contributed by atoms with E-state index in [1.165, 1.54) is 5.56 Å². The summed E-state index contributed by atoms with van der Waals surface area (Å²) in [6.45, 7) is 0.730. The van der Waals surface area contributed by atoms with Gasteiger partial charge in [-0.25, -0.2) is 0 Å². The van der Waals surface area contributed by atoms with Gasteiger partial charge in [-0.05, 0) is 36.2 Å². The Morgan fingerprint density at radius 1 is 1.05 bits per heavy atom. The van der Waals surface area contributed by atoms with Crippen LogP contribution in [0.3, 0.4) is 0 Å². The van der Waals surface area contributed by atoms with Crippen LogP contribution in [0.2, 0.25) is 0 Å². The molecule has 0 radical (unpaired) electrons. The Balaban J connectivity index is 2.13. The molecule has 2 aromatic carbocycles. The fourth-order valence-electron chi connectivity index (χ4n) is 2.62. The van der Waals surface area contributed by atoms with Crippen LogP contribution in [-0.2, 0) is 6.42 Å². The average Bonchev–Trinajstić information content (AvgIpc) is 2.52. The Morgan fingerprint density at radius 2 is 1.81 bits per heavy atom. The summed E-state index contributed by atoms with van der Waals surface area (Å²) < 4.78 is 10.7. The first kappa shape index (κ1) is 13.5. The van der Waals surface area contributed by atoms with E-state index in [0.717, 1.165) is 35.6 Å². The molecule has 2 aromatic rings. The largest absolute Gasteiger partial charge is 0.508 e. The summed E-state index contributed by atoms with van der Waals surface area (Å²) >= 11 is 0. The standard InChI is InChI=1S/C17H17NO3/c1-20-15-9-11-6-7-18-17(14(11)10-16(15)21-2)12-4-3-5-13(19)8-12/h3-5,8-10,19H,6-7H2,1-2H3. The van der Waals surface area contributed by atoms with E-state index in [0.29, 0.717) is 5.75 Å². The molecule has 21 heavy (non-hydrogen) atoms. The first-order valence-electron chi connectivity index (χ1n) is 6.82. The summed E-state index contributed by atoms with van der Waals surface area (Å²) in [5.74, 6) is 1.65. The first-order chi connectivity index (χ1) is 10.2. The molecule has 3 rings (SSSR count). The Hall–Kier alpha value is -2.49. The second kappa shape index (κ2) is 5.48. The second-order valence-corrected chi connectivity index (χ2v) is 4.89. The van der Waals surface area contributed by atoms with Crippen molar-refractivity contribution in [1.82, 2.24) is 0 Å². The third kappa shape index (κ3) is 2.44. The normalized spacial score (nSPS) is 13.3. The summed E-state index contributed by atoms with van der Waals surface area (Å²) in [4.78, 5) is 4.62. The molecule has 1 N–H and O–H groups in total. The number of aliphatic imine (C=N–C) groups is 1. The van der Waals surface area contributed by atoms with Gasteiger partial charge in [0.05, 0.1) is 19.9 Å². The number of phenolic OH excluding ortho intramolecular Hbond substituents is 1. The summed E-state index contributed by atoms with van der Waals surface area (Å²) in [6.07, 6.45) is 0.873. The summed E-state index contributed by atoms with van der Waals surface area (Å²) in [5.41, 5.74) is 4.00. The van der Waals surface area contributed by atoms with Crippen molar-refractivity contribution < 1.29 is 14.6 Å². The van der Waals surface area contributed by atoms with Gasteiger partial charge in [0.2, 0.25) is 0 Å². The molecule has 4 nitrogen and oxygen atoms in total. The molecule has 0 saturated carbocycles. The minimum atomic E-state index is 0.239. The maximum Gasteiger partial charge on any atom is 0.161 e. The van der Waals surface area contributed by atoms with Gasteiger partial charge in [-0.3, -0.25) is 4.99 Å². The molecule has 4 heteroatoms. The lowest BCUT2D eigenvalue weighted by Crippen LogP contribution is -2.14. The lowest BCUT2D eigenvalue weighted by atomic mass is 9.92. The number of ether oxygens (including phenoxy) is 2. The molecule has 1 heterocycles. The molecule has 0 bridgehead atoms. The Morgan fingerprint density at radius 3 is 2.52 bits per heavy atom. The third-order valence-electron chi connectivity index (χ3n) is 3.64. The minimum Gasteiger partial charge on any atom is -0.508 e. The number of benzene rings is 2. The van der Waals surface area contributed by atoms with Crippen LogP contribution in [0.1, 0.15) is 16.7 Å². The Labute approximate surface area is 123 Å². The van der Waals surface area contributed by atoms with Crippen LogP contribution in [0.25, 0.3) is 0 Å². The number of hydrogen-bond donors (Lipinski definition) is 1. The molecule has 0 atom stereocenters. The second-order valence-electron chi connectivity index (χ2n) is 4.89. The minimum absolute atomic E-state index is 0.239. The van der Waals surface area contributed by atoms with Crippen molar-refractivity contribution in [3.8, 4) is 17.2 Å². The van der Waals surface area contributed by atoms with Gasteiger partial charge in [0.15, 0.2) is 11.5 Å². The van der Waals surface area contributed by atoms with Crippen molar-refractivity contribution in [3.05, 3.63) is 53.1 Å². The van der Waals surface area contributed by atoms with E-state index in [-0.39, 0.29) is 5.75 Å². The molecule has 0 unspecified atom stereocenters. The predicted octanol–water partition coefficient (Wildman–Crippen LogP) is 2.80. The highest BCUT2D eigenvalue weighted by Crippen LogP contribution is 2.33. The van der Waals surface area contributed by atoms with Crippen LogP contribution >= 0.6 is 0 Å². The van der Waals surface area contributed by atoms with E-state index in [1.54, 1.807) is 26.4 Å². The van der Waals surface area contributed by atoms with Gasteiger partial charge in [-0.2, -0.15) is 0 Å². The molecular weight excluding hydrogens is 266 g/mol. The van der Waals surface area contributed by atoms with Crippen LogP contribution in [-0.4, -0.2) is 31.6 Å². The van der Waals surface area contributed by atoms with Gasteiger partial charge in [0, 0.05) is 17.7 Å². The van der Waals surface area contributed by atoms with E-state index in [1.807, 2.05) is 24.3 Å². The monoisotopic (exact) mass is 283 g/mol. The van der Waals surface area contributed by atoms with Gasteiger partial charge in [-0.1, -0.05) is 12.1 Å². The number of nitrogens with zero attached hydrogens (tertiary/aromatic N) is 1. The predicted molar refractivity (Wildman–Crippen MR) is 81.9 cm³/mol. The lowest BCUT2D eigenvalue weighted by molar-refractivity contribution is 0.354. The number of fused-ring (bicyclic) bond motifs is 1. The highest BCUT2D eigenvalue weighted by Gasteiger charge is 2.19. The quantitative estimate of drug-likeness (QED) is 0.942. The number of rotatable bonds is 3. The van der Waals surface area contributed by atoms with E-state index >= 15 is 0 Å². The molecule has 0 saturated heterocycles. The van der Waals surface area contributed by atoms with E-state index in [9.17, 15) is 5.11 Å². The smallest absolute Gasteiger partial charge is 0.161 e. The van der Waals surface area contributed by atoms with E-state index in [2.05, 4.69) is 4.99 Å². The molecular formula is C17H17NO3. The van der Waals surface area contributed by atoms with Crippen molar-refractivity contribution >= 4 is 5.71 Å². The zero-order valence-corrected chi connectivity index (χ0v) is 12.1. The van der Waals surface area contributed by atoms with E-state index < -0.39 is 0 Å². The molecule has 108 valence electrons. The molecule has 0 aliphatic carbocycles. The van der Waals surface area contributed by atoms with Crippen molar-refractivity contribution in [3.63, 3.8) is 0 Å². The van der Waals surface area contributed by atoms with Crippen molar-refractivity contribution in [1.29, 1.82) is 0 Å². The molecule has 1 aliphatic rings. The first-order valence-corrected chi connectivity index (χ1v) is 6.82. The lowest BCUT2D eigenvalue weighted by Gasteiger charge is -2.20. The molecule has 0 fully saturated rings. The van der Waals surface area contributed by atoms with Crippen LogP contribution in [0.5, 0.6) is 17.2 Å². The van der Waals surface area contributed by atoms with Gasteiger partial charge < -0.3 is 14.6 Å². The van der Waals surface area contributed by atoms with Crippen LogP contribution < -0.4 is 9.47 Å². The van der Waals surface area contributed by atoms with Crippen molar-refractivity contribution in [2.75, 3.05) is 20.8 Å². The number of aromatic hydroxyl groups is 1. The summed E-state index contributed by atoms with van der Waals surface area (Å²) in [7, 11) is 3.26. The van der Waals surface area contributed by atoms with Gasteiger partial charge in [-0.15, -0.1) is 0 Å². The zero-order valence-electron chi connectivity index (χ0n) is 12.1. The third-order valence-corrected chi connectivity index (χ3v) is 3.64. The van der Waals surface area contributed by atoms with Crippen LogP contribution in [0.15, 0.2) is 41.4 Å². The molecule has 0 aromatic heterocycles. The Kier molecular flexibility index (Phi) is 3.52. The van der Waals surface area contributed by atoms with Gasteiger partial charge in [0.1, 0.15) is 5.75 Å². The van der Waals surface area contributed by atoms with E-state index in [4.69, 9.17) is 9.47 Å². The average molecular weight is 283 g/mol. The highest BCUT2D eigenvalue weighted by molar-refractivity contribution is 6.14. The van der Waals surface area contributed by atoms with Crippen LogP contribution in [0.4, 0.5) is 0 Å². The number of methoxy groups -OCH3 is 2. The maximum atomic E-state index is 9.67. The van der Waals surface area contributed by atoms with Crippen molar-refractivity contribution in [2.45, 2.75) is 6.42 Å². The summed E-state index contributed by atoms with van der Waals surface area (Å²) in [5, 5.41) is 9.67. The zero-order chi connectivity index (χ0) is 14.8. The van der Waals surface area contributed by atoms with Crippen LogP contribution in [0, 0.1) is 0 Å². The molecule has 0 amide bonds. The summed E-state index contributed by atoms with van der Waals surface area (Å²) in [6, 6.07) is 11.1. The number of hydrogen-bond acceptors (Lipinski definition) is 4. The highest BCUT2D eigenvalue weighted by atomic mass is 16.5. The Bertz CT molecular complexity index is 707. The molecule has 1 aliphatic heterocycles. The SMILES string of the molecule is COc1cc2c(cc1OC)C(c1cccc(O)c1)=NCC2. The van der Waals surface area contributed by atoms with Crippen molar-refractivity contribution in [2.24, 2.45) is 4.99 Å². The van der Waals surface area contributed by atoms with Gasteiger partial charge >= 0.3 is 0 Å². The topological polar surface area (TPSA) is 51.0 Å². The fourth-order valence-corrected chi connectivity index (χ4v) is 2.62. The van der Waals surface area contributed by atoms with Gasteiger partial charge in [0.25, 0.3) is 0 Å².